The molecule has 0 heterocycles. The number of hydrogen-bond acceptors (Lipinski definition) is 2. The Balaban J connectivity index is 1.81. The van der Waals surface area contributed by atoms with Crippen molar-refractivity contribution in [2.45, 2.75) is 4.32 Å². The predicted molar refractivity (Wildman–Crippen MR) is 105 cm³/mol. The summed E-state index contributed by atoms with van der Waals surface area (Å²) in [5.74, 6) is -0.237. The van der Waals surface area contributed by atoms with Crippen LogP contribution in [0.25, 0.3) is 11.1 Å². The quantitative estimate of drug-likeness (QED) is 0.518. The van der Waals surface area contributed by atoms with Gasteiger partial charge in [0.05, 0.1) is 0 Å². The van der Waals surface area contributed by atoms with Crippen molar-refractivity contribution in [1.82, 2.24) is 0 Å². The van der Waals surface area contributed by atoms with E-state index in [1.54, 1.807) is 24.3 Å². The summed E-state index contributed by atoms with van der Waals surface area (Å²) in [6.45, 7) is 0. The van der Waals surface area contributed by atoms with Crippen LogP contribution in [0.5, 0.6) is 0 Å². The Bertz CT molecular complexity index is 1090. The van der Waals surface area contributed by atoms with E-state index in [-0.39, 0.29) is 11.6 Å². The zero-order valence-electron chi connectivity index (χ0n) is 13.7. The molecule has 2 aliphatic carbocycles. The van der Waals surface area contributed by atoms with E-state index in [9.17, 15) is 9.59 Å². The normalized spacial score (nSPS) is 16.6. The molecule has 0 spiro atoms. The monoisotopic (exact) mass is 400 g/mol. The van der Waals surface area contributed by atoms with Gasteiger partial charge in [-0.3, -0.25) is 9.59 Å². The van der Waals surface area contributed by atoms with Crippen LogP contribution in [-0.4, -0.2) is 11.6 Å². The topological polar surface area (TPSA) is 34.1 Å². The standard InChI is InChI=1S/C23H13BrO2/c24-23(20-13-21(25)16-9-1-2-10-17(16)22(20)26)18-11-5-3-7-14(18)15-8-4-6-12-19(15)23/h1-13H. The number of benzene rings is 3. The molecule has 0 fully saturated rings. The molecule has 5 rings (SSSR count). The summed E-state index contributed by atoms with van der Waals surface area (Å²) in [6, 6.07) is 23.1. The molecule has 2 aliphatic rings. The van der Waals surface area contributed by atoms with Gasteiger partial charge in [-0.1, -0.05) is 88.7 Å². The van der Waals surface area contributed by atoms with Crippen molar-refractivity contribution in [2.24, 2.45) is 0 Å². The van der Waals surface area contributed by atoms with Gasteiger partial charge in [0, 0.05) is 16.7 Å². The highest BCUT2D eigenvalue weighted by atomic mass is 79.9. The van der Waals surface area contributed by atoms with Gasteiger partial charge in [0.1, 0.15) is 4.32 Å². The van der Waals surface area contributed by atoms with Crippen molar-refractivity contribution < 1.29 is 9.59 Å². The minimum absolute atomic E-state index is 0.108. The Hall–Kier alpha value is -2.78. The molecule has 0 saturated carbocycles. The number of hydrogen-bond donors (Lipinski definition) is 0. The van der Waals surface area contributed by atoms with Crippen LogP contribution in [0.15, 0.2) is 84.4 Å². The Labute approximate surface area is 159 Å². The van der Waals surface area contributed by atoms with Crippen molar-refractivity contribution >= 4 is 27.5 Å². The smallest absolute Gasteiger partial charge is 0.192 e. The fourth-order valence-corrected chi connectivity index (χ4v) is 5.03. The molecule has 0 radical (unpaired) electrons. The van der Waals surface area contributed by atoms with Crippen molar-refractivity contribution in [3.8, 4) is 11.1 Å². The third-order valence-corrected chi connectivity index (χ3v) is 6.50. The lowest BCUT2D eigenvalue weighted by Crippen LogP contribution is -2.30. The summed E-state index contributed by atoms with van der Waals surface area (Å²) in [7, 11) is 0. The fraction of sp³-hybridized carbons (Fsp3) is 0.0435. The number of Topliss-reactive ketones (excluding diaryl/α,β-unsaturated/α-hetero) is 1. The first-order valence-electron chi connectivity index (χ1n) is 8.41. The second kappa shape index (κ2) is 5.36. The van der Waals surface area contributed by atoms with Crippen LogP contribution in [0.4, 0.5) is 0 Å². The molecule has 3 aromatic carbocycles. The molecule has 3 heteroatoms. The molecule has 124 valence electrons. The van der Waals surface area contributed by atoms with Gasteiger partial charge >= 0.3 is 0 Å². The van der Waals surface area contributed by atoms with Gasteiger partial charge in [0.25, 0.3) is 0 Å². The van der Waals surface area contributed by atoms with Crippen LogP contribution in [-0.2, 0) is 4.32 Å². The Morgan fingerprint density at radius 1 is 0.615 bits per heavy atom. The second-order valence-corrected chi connectivity index (χ2v) is 7.74. The van der Waals surface area contributed by atoms with Crippen molar-refractivity contribution in [3.05, 3.63) is 107 Å². The highest BCUT2D eigenvalue weighted by Gasteiger charge is 2.48. The number of fused-ring (bicyclic) bond motifs is 4. The highest BCUT2D eigenvalue weighted by molar-refractivity contribution is 9.10. The number of halogens is 1. The minimum Gasteiger partial charge on any atom is -0.289 e. The van der Waals surface area contributed by atoms with Crippen LogP contribution in [0.1, 0.15) is 31.8 Å². The molecular formula is C23H13BrO2. The van der Waals surface area contributed by atoms with E-state index in [1.807, 2.05) is 36.4 Å². The molecule has 0 bridgehead atoms. The molecule has 0 aliphatic heterocycles. The zero-order chi connectivity index (χ0) is 17.9. The molecular weight excluding hydrogens is 388 g/mol. The van der Waals surface area contributed by atoms with E-state index in [2.05, 4.69) is 28.1 Å². The number of carbonyl (C=O) groups is 2. The van der Waals surface area contributed by atoms with Gasteiger partial charge in [-0.25, -0.2) is 0 Å². The predicted octanol–water partition coefficient (Wildman–Crippen LogP) is 5.31. The van der Waals surface area contributed by atoms with E-state index >= 15 is 0 Å². The molecule has 0 saturated heterocycles. The van der Waals surface area contributed by atoms with Crippen molar-refractivity contribution in [1.29, 1.82) is 0 Å². The number of alkyl halides is 1. The Morgan fingerprint density at radius 3 is 1.65 bits per heavy atom. The molecule has 2 nitrogen and oxygen atoms in total. The van der Waals surface area contributed by atoms with Crippen LogP contribution < -0.4 is 0 Å². The minimum atomic E-state index is -0.819. The van der Waals surface area contributed by atoms with Gasteiger partial charge in [-0.05, 0) is 28.3 Å². The summed E-state index contributed by atoms with van der Waals surface area (Å²) in [5, 5.41) is 0. The third-order valence-electron chi connectivity index (χ3n) is 5.21. The fourth-order valence-electron chi connectivity index (χ4n) is 4.04. The lowest BCUT2D eigenvalue weighted by molar-refractivity contribution is 0.0979. The number of rotatable bonds is 1. The molecule has 3 aromatic rings. The number of carbonyl (C=O) groups excluding carboxylic acids is 2. The summed E-state index contributed by atoms with van der Waals surface area (Å²) in [6.07, 6.45) is 1.50. The maximum absolute atomic E-state index is 13.3. The number of ketones is 2. The first-order valence-corrected chi connectivity index (χ1v) is 9.20. The summed E-state index contributed by atoms with van der Waals surface area (Å²) in [4.78, 5) is 26.0. The van der Waals surface area contributed by atoms with Crippen LogP contribution in [0, 0.1) is 0 Å². The van der Waals surface area contributed by atoms with Gasteiger partial charge in [0.2, 0.25) is 0 Å². The zero-order valence-corrected chi connectivity index (χ0v) is 15.3. The summed E-state index contributed by atoms with van der Waals surface area (Å²) >= 11 is 3.88. The van der Waals surface area contributed by atoms with Crippen LogP contribution in [0.2, 0.25) is 0 Å². The molecule has 0 N–H and O–H groups in total. The first kappa shape index (κ1) is 15.5. The van der Waals surface area contributed by atoms with Gasteiger partial charge in [-0.15, -0.1) is 0 Å². The van der Waals surface area contributed by atoms with E-state index in [1.165, 1.54) is 6.08 Å². The summed E-state index contributed by atoms with van der Waals surface area (Å²) < 4.78 is -0.819. The maximum atomic E-state index is 13.3. The molecule has 0 aromatic heterocycles. The van der Waals surface area contributed by atoms with Crippen LogP contribution in [0.3, 0.4) is 0 Å². The molecule has 26 heavy (non-hydrogen) atoms. The lowest BCUT2D eigenvalue weighted by atomic mass is 9.79. The number of allylic oxidation sites excluding steroid dienone is 2. The third kappa shape index (κ3) is 1.86. The molecule has 0 atom stereocenters. The second-order valence-electron chi connectivity index (χ2n) is 6.55. The van der Waals surface area contributed by atoms with Crippen LogP contribution >= 0.6 is 15.9 Å². The van der Waals surface area contributed by atoms with Gasteiger partial charge in [-0.2, -0.15) is 0 Å². The van der Waals surface area contributed by atoms with Gasteiger partial charge in [0.15, 0.2) is 11.6 Å². The molecule has 0 unspecified atom stereocenters. The molecule has 0 amide bonds. The van der Waals surface area contributed by atoms with E-state index in [4.69, 9.17) is 0 Å². The largest absolute Gasteiger partial charge is 0.289 e. The van der Waals surface area contributed by atoms with Crippen molar-refractivity contribution in [2.75, 3.05) is 0 Å². The highest BCUT2D eigenvalue weighted by Crippen LogP contribution is 2.57. The van der Waals surface area contributed by atoms with Crippen molar-refractivity contribution in [3.63, 3.8) is 0 Å². The summed E-state index contributed by atoms with van der Waals surface area (Å²) in [5.41, 5.74) is 5.56. The van der Waals surface area contributed by atoms with E-state index in [0.29, 0.717) is 16.7 Å². The van der Waals surface area contributed by atoms with E-state index < -0.39 is 4.32 Å². The average Bonchev–Trinajstić information content (AvgIpc) is 2.95. The first-order chi connectivity index (χ1) is 12.6. The Kier molecular flexibility index (Phi) is 3.19. The lowest BCUT2D eigenvalue weighted by Gasteiger charge is -2.30. The Morgan fingerprint density at radius 2 is 1.08 bits per heavy atom. The maximum Gasteiger partial charge on any atom is 0.192 e. The van der Waals surface area contributed by atoms with E-state index in [0.717, 1.165) is 22.3 Å². The van der Waals surface area contributed by atoms with Gasteiger partial charge < -0.3 is 0 Å². The SMILES string of the molecule is O=C1C=C(C2(Br)c3ccccc3-c3ccccc32)C(=O)c2ccccc21. The average molecular weight is 401 g/mol.